The van der Waals surface area contributed by atoms with E-state index in [2.05, 4.69) is 6.92 Å². The van der Waals surface area contributed by atoms with Gasteiger partial charge in [0.2, 0.25) is 0 Å². The minimum atomic E-state index is -0.366. The summed E-state index contributed by atoms with van der Waals surface area (Å²) in [7, 11) is 0. The van der Waals surface area contributed by atoms with Crippen LogP contribution in [0.5, 0.6) is 0 Å². The molecule has 0 saturated heterocycles. The maximum Gasteiger partial charge on any atom is 0.311 e. The van der Waals surface area contributed by atoms with Crippen molar-refractivity contribution in [3.05, 3.63) is 0 Å². The summed E-state index contributed by atoms with van der Waals surface area (Å²) in [6, 6.07) is 0. The SMILES string of the molecule is CCCCCCCCCCCCCCCCCCOC(=O)C(C)(C)C. The van der Waals surface area contributed by atoms with E-state index >= 15 is 0 Å². The van der Waals surface area contributed by atoms with Crippen LogP contribution in [-0.2, 0) is 9.53 Å². The Morgan fingerprint density at radius 3 is 1.24 bits per heavy atom. The minimum absolute atomic E-state index is 0.0755. The molecule has 0 atom stereocenters. The van der Waals surface area contributed by atoms with Crippen LogP contribution in [0.2, 0.25) is 0 Å². The molecule has 0 aliphatic rings. The van der Waals surface area contributed by atoms with Crippen LogP contribution in [0.15, 0.2) is 0 Å². The van der Waals surface area contributed by atoms with Gasteiger partial charge in [0, 0.05) is 0 Å². The zero-order valence-corrected chi connectivity index (χ0v) is 17.8. The number of unbranched alkanes of at least 4 members (excludes halogenated alkanes) is 15. The molecule has 0 rings (SSSR count). The van der Waals surface area contributed by atoms with E-state index in [0.29, 0.717) is 6.61 Å². The first kappa shape index (κ1) is 24.5. The fourth-order valence-corrected chi connectivity index (χ4v) is 3.03. The van der Waals surface area contributed by atoms with E-state index in [1.165, 1.54) is 96.3 Å². The number of esters is 1. The summed E-state index contributed by atoms with van der Waals surface area (Å²) in [4.78, 5) is 11.6. The molecule has 0 bridgehead atoms. The van der Waals surface area contributed by atoms with Crippen LogP contribution in [0, 0.1) is 5.41 Å². The van der Waals surface area contributed by atoms with E-state index in [-0.39, 0.29) is 11.4 Å². The van der Waals surface area contributed by atoms with E-state index in [1.807, 2.05) is 20.8 Å². The number of hydrogen-bond donors (Lipinski definition) is 0. The van der Waals surface area contributed by atoms with Crippen LogP contribution in [0.3, 0.4) is 0 Å². The number of ether oxygens (including phenoxy) is 1. The lowest BCUT2D eigenvalue weighted by Crippen LogP contribution is -2.23. The van der Waals surface area contributed by atoms with Crippen molar-refractivity contribution < 1.29 is 9.53 Å². The lowest BCUT2D eigenvalue weighted by molar-refractivity contribution is -0.153. The Bertz CT molecular complexity index is 291. The van der Waals surface area contributed by atoms with Gasteiger partial charge in [-0.15, -0.1) is 0 Å². The molecule has 150 valence electrons. The maximum atomic E-state index is 11.6. The molecule has 0 aromatic heterocycles. The molecular formula is C23H46O2. The molecule has 0 amide bonds. The van der Waals surface area contributed by atoms with Crippen molar-refractivity contribution in [1.82, 2.24) is 0 Å². The van der Waals surface area contributed by atoms with Gasteiger partial charge in [0.1, 0.15) is 0 Å². The zero-order chi connectivity index (χ0) is 18.8. The van der Waals surface area contributed by atoms with Crippen LogP contribution in [0.4, 0.5) is 0 Å². The van der Waals surface area contributed by atoms with E-state index in [1.54, 1.807) is 0 Å². The van der Waals surface area contributed by atoms with Crippen LogP contribution < -0.4 is 0 Å². The minimum Gasteiger partial charge on any atom is -0.465 e. The number of rotatable bonds is 17. The van der Waals surface area contributed by atoms with Crippen molar-refractivity contribution in [2.45, 2.75) is 130 Å². The largest absolute Gasteiger partial charge is 0.465 e. The molecule has 0 aromatic rings. The van der Waals surface area contributed by atoms with Crippen molar-refractivity contribution in [2.75, 3.05) is 6.61 Å². The third-order valence-corrected chi connectivity index (χ3v) is 4.84. The first-order valence-electron chi connectivity index (χ1n) is 11.2. The topological polar surface area (TPSA) is 26.3 Å². The molecule has 0 heterocycles. The highest BCUT2D eigenvalue weighted by atomic mass is 16.5. The maximum absolute atomic E-state index is 11.6. The Morgan fingerprint density at radius 1 is 0.600 bits per heavy atom. The average molecular weight is 355 g/mol. The molecule has 0 N–H and O–H groups in total. The molecule has 25 heavy (non-hydrogen) atoms. The lowest BCUT2D eigenvalue weighted by atomic mass is 9.97. The smallest absolute Gasteiger partial charge is 0.311 e. The van der Waals surface area contributed by atoms with Gasteiger partial charge in [-0.1, -0.05) is 103 Å². The first-order valence-corrected chi connectivity index (χ1v) is 11.2. The van der Waals surface area contributed by atoms with E-state index in [0.717, 1.165) is 6.42 Å². The molecule has 0 aliphatic carbocycles. The third kappa shape index (κ3) is 18.1. The molecular weight excluding hydrogens is 308 g/mol. The summed E-state index contributed by atoms with van der Waals surface area (Å²) in [5, 5.41) is 0. The van der Waals surface area contributed by atoms with Gasteiger partial charge in [0.15, 0.2) is 0 Å². The van der Waals surface area contributed by atoms with Gasteiger partial charge < -0.3 is 4.74 Å². The van der Waals surface area contributed by atoms with Gasteiger partial charge in [-0.05, 0) is 27.2 Å². The highest BCUT2D eigenvalue weighted by Crippen LogP contribution is 2.16. The summed E-state index contributed by atoms with van der Waals surface area (Å²) >= 11 is 0. The predicted octanol–water partition coefficient (Wildman–Crippen LogP) is 7.84. The molecule has 0 aromatic carbocycles. The third-order valence-electron chi connectivity index (χ3n) is 4.84. The molecule has 0 radical (unpaired) electrons. The second kappa shape index (κ2) is 16.9. The second-order valence-electron chi connectivity index (χ2n) is 8.69. The van der Waals surface area contributed by atoms with Crippen LogP contribution in [-0.4, -0.2) is 12.6 Å². The monoisotopic (exact) mass is 354 g/mol. The lowest BCUT2D eigenvalue weighted by Gasteiger charge is -2.16. The Balaban J connectivity index is 3.11. The van der Waals surface area contributed by atoms with Crippen LogP contribution in [0.25, 0.3) is 0 Å². The summed E-state index contributed by atoms with van der Waals surface area (Å²) in [6.45, 7) is 8.59. The predicted molar refractivity (Wildman–Crippen MR) is 110 cm³/mol. The van der Waals surface area contributed by atoms with Crippen molar-refractivity contribution in [3.8, 4) is 0 Å². The molecule has 0 fully saturated rings. The van der Waals surface area contributed by atoms with Crippen molar-refractivity contribution in [1.29, 1.82) is 0 Å². The van der Waals surface area contributed by atoms with E-state index < -0.39 is 0 Å². The number of carbonyl (C=O) groups is 1. The van der Waals surface area contributed by atoms with E-state index in [9.17, 15) is 4.79 Å². The summed E-state index contributed by atoms with van der Waals surface area (Å²) in [5.41, 5.74) is -0.366. The Labute approximate surface area is 158 Å². The molecule has 2 heteroatoms. The molecule has 0 saturated carbocycles. The van der Waals surface area contributed by atoms with Gasteiger partial charge in [0.25, 0.3) is 0 Å². The van der Waals surface area contributed by atoms with Gasteiger partial charge in [-0.2, -0.15) is 0 Å². The normalized spacial score (nSPS) is 11.7. The second-order valence-corrected chi connectivity index (χ2v) is 8.69. The fourth-order valence-electron chi connectivity index (χ4n) is 3.03. The highest BCUT2D eigenvalue weighted by Gasteiger charge is 2.22. The zero-order valence-electron chi connectivity index (χ0n) is 17.8. The van der Waals surface area contributed by atoms with Gasteiger partial charge in [-0.3, -0.25) is 4.79 Å². The first-order chi connectivity index (χ1) is 12.0. The molecule has 2 nitrogen and oxygen atoms in total. The van der Waals surface area contributed by atoms with Gasteiger partial charge in [0.05, 0.1) is 12.0 Å². The number of hydrogen-bond acceptors (Lipinski definition) is 2. The fraction of sp³-hybridized carbons (Fsp3) is 0.957. The summed E-state index contributed by atoms with van der Waals surface area (Å²) < 4.78 is 5.29. The summed E-state index contributed by atoms with van der Waals surface area (Å²) in [6.07, 6.45) is 21.9. The van der Waals surface area contributed by atoms with Crippen molar-refractivity contribution in [2.24, 2.45) is 5.41 Å². The Hall–Kier alpha value is -0.530. The molecule has 0 spiro atoms. The highest BCUT2D eigenvalue weighted by molar-refractivity contribution is 5.75. The van der Waals surface area contributed by atoms with Gasteiger partial charge >= 0.3 is 5.97 Å². The Kier molecular flexibility index (Phi) is 16.6. The number of carbonyl (C=O) groups excluding carboxylic acids is 1. The standard InChI is InChI=1S/C23H46O2/c1-5-6-7-8-9-10-11-12-13-14-15-16-17-18-19-20-21-25-22(24)23(2,3)4/h5-21H2,1-4H3. The van der Waals surface area contributed by atoms with Crippen molar-refractivity contribution >= 4 is 5.97 Å². The Morgan fingerprint density at radius 2 is 0.920 bits per heavy atom. The summed E-state index contributed by atoms with van der Waals surface area (Å²) in [5.74, 6) is -0.0755. The van der Waals surface area contributed by atoms with E-state index in [4.69, 9.17) is 4.74 Å². The van der Waals surface area contributed by atoms with Crippen LogP contribution >= 0.6 is 0 Å². The molecule has 0 aliphatic heterocycles. The quantitative estimate of drug-likeness (QED) is 0.196. The average Bonchev–Trinajstić information content (AvgIpc) is 2.56. The molecule has 0 unspecified atom stereocenters. The van der Waals surface area contributed by atoms with Crippen molar-refractivity contribution in [3.63, 3.8) is 0 Å². The van der Waals surface area contributed by atoms with Gasteiger partial charge in [-0.25, -0.2) is 0 Å². The van der Waals surface area contributed by atoms with Crippen LogP contribution in [0.1, 0.15) is 130 Å².